The number of rotatable bonds is 4. The Bertz CT molecular complexity index is 556. The summed E-state index contributed by atoms with van der Waals surface area (Å²) in [6.07, 6.45) is 0. The minimum atomic E-state index is -3.75. The van der Waals surface area contributed by atoms with E-state index in [4.69, 9.17) is 22.4 Å². The van der Waals surface area contributed by atoms with Crippen molar-refractivity contribution in [2.45, 2.75) is 31.2 Å². The fourth-order valence-corrected chi connectivity index (χ4v) is 3.29. The maximum Gasteiger partial charge on any atom is 0.241 e. The monoisotopic (exact) mass is 292 g/mol. The molecule has 0 saturated carbocycles. The first-order valence-electron chi connectivity index (χ1n) is 5.29. The molecule has 0 aliphatic heterocycles. The molecular weight excluding hydrogens is 276 g/mol. The topological polar surface area (TPSA) is 92.4 Å². The average molecular weight is 293 g/mol. The summed E-state index contributed by atoms with van der Waals surface area (Å²) in [5, 5.41) is 9.41. The van der Waals surface area contributed by atoms with E-state index in [0.717, 1.165) is 0 Å². The Morgan fingerprint density at radius 2 is 2.00 bits per heavy atom. The molecule has 0 aliphatic rings. The van der Waals surface area contributed by atoms with E-state index >= 15 is 0 Å². The van der Waals surface area contributed by atoms with Crippen LogP contribution in [-0.2, 0) is 10.0 Å². The van der Waals surface area contributed by atoms with Crippen molar-refractivity contribution in [2.24, 2.45) is 0 Å². The molecular formula is C11H17ClN2O3S. The van der Waals surface area contributed by atoms with Gasteiger partial charge in [0.2, 0.25) is 10.0 Å². The number of benzene rings is 1. The van der Waals surface area contributed by atoms with E-state index in [9.17, 15) is 8.42 Å². The van der Waals surface area contributed by atoms with Crippen LogP contribution in [0.4, 0.5) is 5.69 Å². The number of hydrogen-bond donors (Lipinski definition) is 3. The molecule has 0 fully saturated rings. The van der Waals surface area contributed by atoms with Gasteiger partial charge in [-0.05, 0) is 38.5 Å². The van der Waals surface area contributed by atoms with Crippen LogP contribution in [-0.4, -0.2) is 25.7 Å². The number of aliphatic hydroxyl groups excluding tert-OH is 1. The van der Waals surface area contributed by atoms with Crippen molar-refractivity contribution >= 4 is 27.3 Å². The van der Waals surface area contributed by atoms with Crippen molar-refractivity contribution in [3.8, 4) is 0 Å². The highest BCUT2D eigenvalue weighted by Crippen LogP contribution is 2.26. The highest BCUT2D eigenvalue weighted by atomic mass is 35.5. The van der Waals surface area contributed by atoms with Crippen LogP contribution >= 0.6 is 11.6 Å². The van der Waals surface area contributed by atoms with E-state index in [1.54, 1.807) is 20.8 Å². The lowest BCUT2D eigenvalue weighted by molar-refractivity contribution is 0.208. The number of sulfonamides is 1. The van der Waals surface area contributed by atoms with E-state index in [0.29, 0.717) is 10.6 Å². The second kappa shape index (κ2) is 5.05. The first kappa shape index (κ1) is 15.2. The molecule has 0 radical (unpaired) electrons. The molecule has 7 heteroatoms. The summed E-state index contributed by atoms with van der Waals surface area (Å²) in [5.41, 5.74) is 5.36. The minimum absolute atomic E-state index is 0.0610. The Morgan fingerprint density at radius 3 is 2.50 bits per heavy atom. The van der Waals surface area contributed by atoms with Crippen LogP contribution in [0.2, 0.25) is 5.02 Å². The number of halogens is 1. The van der Waals surface area contributed by atoms with Gasteiger partial charge in [0.25, 0.3) is 0 Å². The van der Waals surface area contributed by atoms with Crippen molar-refractivity contribution in [2.75, 3.05) is 12.3 Å². The molecule has 18 heavy (non-hydrogen) atoms. The van der Waals surface area contributed by atoms with Crippen LogP contribution in [0.5, 0.6) is 0 Å². The first-order valence-corrected chi connectivity index (χ1v) is 7.15. The zero-order chi connectivity index (χ0) is 14.1. The summed E-state index contributed by atoms with van der Waals surface area (Å²) in [6.45, 7) is 4.48. The summed E-state index contributed by atoms with van der Waals surface area (Å²) in [5.74, 6) is 0. The van der Waals surface area contributed by atoms with Crippen molar-refractivity contribution in [3.05, 3.63) is 22.7 Å². The molecule has 0 amide bonds. The Labute approximate surface area is 112 Å². The van der Waals surface area contributed by atoms with Gasteiger partial charge < -0.3 is 10.8 Å². The summed E-state index contributed by atoms with van der Waals surface area (Å²) >= 11 is 5.82. The number of aliphatic hydroxyl groups is 1. The molecule has 0 heterocycles. The van der Waals surface area contributed by atoms with Crippen LogP contribution in [0, 0.1) is 6.92 Å². The minimum Gasteiger partial charge on any atom is -0.397 e. The molecule has 0 spiro atoms. The summed E-state index contributed by atoms with van der Waals surface area (Å²) in [6, 6.07) is 2.81. The number of nitrogen functional groups attached to an aromatic ring is 1. The predicted octanol–water partition coefficient (Wildman–Crippen LogP) is 1.28. The van der Waals surface area contributed by atoms with Gasteiger partial charge in [0.1, 0.15) is 0 Å². The van der Waals surface area contributed by atoms with E-state index in [1.165, 1.54) is 12.1 Å². The lowest BCUT2D eigenvalue weighted by Gasteiger charge is -2.23. The van der Waals surface area contributed by atoms with Crippen LogP contribution < -0.4 is 10.5 Å². The second-order valence-electron chi connectivity index (χ2n) is 4.79. The molecule has 0 atom stereocenters. The van der Waals surface area contributed by atoms with Crippen molar-refractivity contribution in [1.29, 1.82) is 0 Å². The smallest absolute Gasteiger partial charge is 0.241 e. The third-order valence-electron chi connectivity index (χ3n) is 2.39. The van der Waals surface area contributed by atoms with Crippen LogP contribution in [0.25, 0.3) is 0 Å². The normalized spacial score (nSPS) is 12.7. The van der Waals surface area contributed by atoms with Gasteiger partial charge in [-0.25, -0.2) is 13.1 Å². The number of anilines is 1. The van der Waals surface area contributed by atoms with Gasteiger partial charge >= 0.3 is 0 Å². The number of nitrogens with two attached hydrogens (primary N) is 1. The quantitative estimate of drug-likeness (QED) is 0.729. The Morgan fingerprint density at radius 1 is 1.44 bits per heavy atom. The fraction of sp³-hybridized carbons (Fsp3) is 0.455. The molecule has 1 aromatic rings. The predicted molar refractivity (Wildman–Crippen MR) is 72.1 cm³/mol. The Balaban J connectivity index is 3.26. The van der Waals surface area contributed by atoms with Gasteiger partial charge in [-0.15, -0.1) is 0 Å². The standard InChI is InChI=1S/C11H17ClN2O3S/c1-7-4-8(12)9(13)5-10(7)18(16,17)14-11(2,3)6-15/h4-5,14-15H,6,13H2,1-3H3. The van der Waals surface area contributed by atoms with Gasteiger partial charge in [-0.1, -0.05) is 11.6 Å². The molecule has 0 unspecified atom stereocenters. The van der Waals surface area contributed by atoms with Crippen LogP contribution in [0.1, 0.15) is 19.4 Å². The Hall–Kier alpha value is -0.820. The Kier molecular flexibility index (Phi) is 4.27. The lowest BCUT2D eigenvalue weighted by atomic mass is 10.1. The average Bonchev–Trinajstić information content (AvgIpc) is 2.21. The molecule has 0 aliphatic carbocycles. The number of hydrogen-bond acceptors (Lipinski definition) is 4. The van der Waals surface area contributed by atoms with Crippen LogP contribution in [0.15, 0.2) is 17.0 Å². The van der Waals surface area contributed by atoms with E-state index in [-0.39, 0.29) is 17.2 Å². The second-order valence-corrected chi connectivity index (χ2v) is 6.84. The van der Waals surface area contributed by atoms with Gasteiger partial charge in [0.15, 0.2) is 0 Å². The van der Waals surface area contributed by atoms with Crippen molar-refractivity contribution in [3.63, 3.8) is 0 Å². The number of nitrogens with one attached hydrogen (secondary N) is 1. The van der Waals surface area contributed by atoms with E-state index in [1.807, 2.05) is 0 Å². The first-order chi connectivity index (χ1) is 8.09. The molecule has 1 aromatic carbocycles. The molecule has 0 bridgehead atoms. The van der Waals surface area contributed by atoms with Crippen molar-refractivity contribution in [1.82, 2.24) is 4.72 Å². The SMILES string of the molecule is Cc1cc(Cl)c(N)cc1S(=O)(=O)NC(C)(C)CO. The maximum atomic E-state index is 12.2. The number of aryl methyl sites for hydroxylation is 1. The van der Waals surface area contributed by atoms with Gasteiger partial charge in [0.05, 0.1) is 27.8 Å². The van der Waals surface area contributed by atoms with Gasteiger partial charge in [0, 0.05) is 0 Å². The zero-order valence-electron chi connectivity index (χ0n) is 10.5. The van der Waals surface area contributed by atoms with Gasteiger partial charge in [-0.2, -0.15) is 0 Å². The largest absolute Gasteiger partial charge is 0.397 e. The summed E-state index contributed by atoms with van der Waals surface area (Å²) < 4.78 is 26.8. The van der Waals surface area contributed by atoms with Crippen LogP contribution in [0.3, 0.4) is 0 Å². The molecule has 1 rings (SSSR count). The molecule has 0 aromatic heterocycles. The molecule has 102 valence electrons. The highest BCUT2D eigenvalue weighted by Gasteiger charge is 2.27. The molecule has 4 N–H and O–H groups in total. The summed E-state index contributed by atoms with van der Waals surface area (Å²) in [4.78, 5) is 0.0610. The third-order valence-corrected chi connectivity index (χ3v) is 4.56. The van der Waals surface area contributed by atoms with Gasteiger partial charge in [-0.3, -0.25) is 0 Å². The fourth-order valence-electron chi connectivity index (χ4n) is 1.41. The summed E-state index contributed by atoms with van der Waals surface area (Å²) in [7, 11) is -3.75. The molecule has 0 saturated heterocycles. The molecule has 5 nitrogen and oxygen atoms in total. The van der Waals surface area contributed by atoms with Crippen molar-refractivity contribution < 1.29 is 13.5 Å². The van der Waals surface area contributed by atoms with E-state index < -0.39 is 15.6 Å². The zero-order valence-corrected chi connectivity index (χ0v) is 12.1. The van der Waals surface area contributed by atoms with E-state index in [2.05, 4.69) is 4.72 Å². The third kappa shape index (κ3) is 3.35. The maximum absolute atomic E-state index is 12.2. The lowest BCUT2D eigenvalue weighted by Crippen LogP contribution is -2.46. The highest BCUT2D eigenvalue weighted by molar-refractivity contribution is 7.89.